The van der Waals surface area contributed by atoms with Crippen LogP contribution in [-0.2, 0) is 12.4 Å². The van der Waals surface area contributed by atoms with Gasteiger partial charge in [-0.1, -0.05) is 103 Å². The van der Waals surface area contributed by atoms with E-state index in [2.05, 4.69) is 0 Å². The largest absolute Gasteiger partial charge is 0.416 e. The molecule has 2 heterocycles. The molecular weight excluding hydrogens is 674 g/mol. The third kappa shape index (κ3) is 6.06. The smallest absolute Gasteiger partial charge is 0.309 e. The number of hydrogen-bond acceptors (Lipinski definition) is 3. The molecule has 0 radical (unpaired) electrons. The van der Waals surface area contributed by atoms with Crippen LogP contribution >= 0.6 is 0 Å². The third-order valence-corrected chi connectivity index (χ3v) is 8.92. The molecule has 0 N–H and O–H groups in total. The van der Waals surface area contributed by atoms with Crippen molar-refractivity contribution in [2.24, 2.45) is 0 Å². The van der Waals surface area contributed by atoms with Gasteiger partial charge >= 0.3 is 12.4 Å². The van der Waals surface area contributed by atoms with E-state index in [4.69, 9.17) is 15.0 Å². The Morgan fingerprint density at radius 3 is 1.54 bits per heavy atom. The fraction of sp³-hybridized carbons (Fsp3) is 0.0714. The Morgan fingerprint density at radius 1 is 0.442 bits per heavy atom. The van der Waals surface area contributed by atoms with E-state index in [-0.39, 0.29) is 23.0 Å². The second-order valence-electron chi connectivity index (χ2n) is 12.4. The van der Waals surface area contributed by atoms with Crippen LogP contribution in [0.3, 0.4) is 0 Å². The predicted molar refractivity (Wildman–Crippen MR) is 191 cm³/mol. The first kappa shape index (κ1) is 32.9. The van der Waals surface area contributed by atoms with Crippen LogP contribution in [0.2, 0.25) is 0 Å². The van der Waals surface area contributed by atoms with Crippen LogP contribution in [0.15, 0.2) is 140 Å². The molecule has 8 aromatic rings. The third-order valence-electron chi connectivity index (χ3n) is 8.92. The van der Waals surface area contributed by atoms with Gasteiger partial charge in [-0.2, -0.15) is 26.3 Å². The molecule has 256 valence electrons. The van der Waals surface area contributed by atoms with Gasteiger partial charge in [-0.3, -0.25) is 0 Å². The summed E-state index contributed by atoms with van der Waals surface area (Å²) in [5.74, 6) is 1.07. The highest BCUT2D eigenvalue weighted by atomic mass is 19.4. The zero-order chi connectivity index (χ0) is 36.2. The molecule has 0 aliphatic heterocycles. The van der Waals surface area contributed by atoms with Crippen molar-refractivity contribution in [3.05, 3.63) is 156 Å². The lowest BCUT2D eigenvalue weighted by Gasteiger charge is -2.19. The highest BCUT2D eigenvalue weighted by molar-refractivity contribution is 6.10. The first-order valence-corrected chi connectivity index (χ1v) is 16.3. The Hall–Kier alpha value is -6.29. The maximum absolute atomic E-state index is 14.1. The van der Waals surface area contributed by atoms with E-state index < -0.39 is 23.5 Å². The number of benzene rings is 6. The normalized spacial score (nSPS) is 12.1. The Balaban J connectivity index is 1.45. The zero-order valence-corrected chi connectivity index (χ0v) is 27.3. The van der Waals surface area contributed by atoms with Crippen molar-refractivity contribution in [3.8, 4) is 51.0 Å². The number of fused-ring (bicyclic) bond motifs is 3. The summed E-state index contributed by atoms with van der Waals surface area (Å²) in [6.45, 7) is 1.95. The molecule has 4 nitrogen and oxygen atoms in total. The van der Waals surface area contributed by atoms with Gasteiger partial charge in [0, 0.05) is 33.0 Å². The molecule has 0 aliphatic carbocycles. The summed E-state index contributed by atoms with van der Waals surface area (Å²) in [5, 5.41) is 1.75. The second kappa shape index (κ2) is 12.5. The van der Waals surface area contributed by atoms with Gasteiger partial charge in [-0.15, -0.1) is 0 Å². The maximum atomic E-state index is 14.1. The zero-order valence-electron chi connectivity index (χ0n) is 27.3. The molecule has 0 unspecified atom stereocenters. The molecule has 0 spiro atoms. The van der Waals surface area contributed by atoms with E-state index in [1.165, 1.54) is 6.07 Å². The highest BCUT2D eigenvalue weighted by Gasteiger charge is 2.37. The van der Waals surface area contributed by atoms with Crippen LogP contribution in [0.1, 0.15) is 16.7 Å². The molecule has 6 aromatic carbocycles. The van der Waals surface area contributed by atoms with Crippen molar-refractivity contribution in [3.63, 3.8) is 0 Å². The second-order valence-corrected chi connectivity index (χ2v) is 12.4. The van der Waals surface area contributed by atoms with Crippen LogP contribution in [0.4, 0.5) is 26.3 Å². The molecule has 0 saturated carbocycles. The number of hydrogen-bond donors (Lipinski definition) is 0. The lowest BCUT2D eigenvalue weighted by Crippen LogP contribution is -2.11. The summed E-state index contributed by atoms with van der Waals surface area (Å²) < 4.78 is 86.6. The first-order chi connectivity index (χ1) is 24.9. The summed E-state index contributed by atoms with van der Waals surface area (Å²) >= 11 is 0. The minimum absolute atomic E-state index is 0.141. The van der Waals surface area contributed by atoms with E-state index in [1.807, 2.05) is 115 Å². The molecule has 10 heteroatoms. The number of para-hydroxylation sites is 1. The van der Waals surface area contributed by atoms with Crippen LogP contribution in [0.25, 0.3) is 72.8 Å². The standard InChI is InChI=1S/C42H26F6N4/c1-25-16-19-36-34(20-25)33-14-8-9-15-35(33)52(36)37-23-28(17-18-32(37)29-21-30(41(43,44)45)24-31(22-29)42(46,47)48)40-50-38(26-10-4-2-5-11-26)49-39(51-40)27-12-6-3-7-13-27/h2-24H,1H3. The molecule has 0 bridgehead atoms. The summed E-state index contributed by atoms with van der Waals surface area (Å²) in [5.41, 5.74) is 1.85. The van der Waals surface area contributed by atoms with Gasteiger partial charge in [-0.05, 0) is 55.0 Å². The lowest BCUT2D eigenvalue weighted by atomic mass is 9.96. The molecule has 8 rings (SSSR count). The van der Waals surface area contributed by atoms with Gasteiger partial charge in [0.1, 0.15) is 0 Å². The van der Waals surface area contributed by atoms with Crippen LogP contribution in [0.5, 0.6) is 0 Å². The van der Waals surface area contributed by atoms with E-state index in [0.29, 0.717) is 22.9 Å². The summed E-state index contributed by atoms with van der Waals surface area (Å²) in [6.07, 6.45) is -10.0. The van der Waals surface area contributed by atoms with Gasteiger partial charge < -0.3 is 4.57 Å². The average molecular weight is 701 g/mol. The monoisotopic (exact) mass is 700 g/mol. The molecule has 0 saturated heterocycles. The van der Waals surface area contributed by atoms with Gasteiger partial charge in [0.05, 0.1) is 27.8 Å². The molecule has 52 heavy (non-hydrogen) atoms. The summed E-state index contributed by atoms with van der Waals surface area (Å²) in [7, 11) is 0. The van der Waals surface area contributed by atoms with Crippen LogP contribution < -0.4 is 0 Å². The quantitative estimate of drug-likeness (QED) is 0.168. The topological polar surface area (TPSA) is 43.6 Å². The van der Waals surface area contributed by atoms with E-state index in [0.717, 1.165) is 50.6 Å². The summed E-state index contributed by atoms with van der Waals surface area (Å²) in [4.78, 5) is 14.4. The van der Waals surface area contributed by atoms with Crippen molar-refractivity contribution in [2.75, 3.05) is 0 Å². The number of aryl methyl sites for hydroxylation is 1. The molecule has 0 amide bonds. The average Bonchev–Trinajstić information content (AvgIpc) is 3.47. The van der Waals surface area contributed by atoms with Crippen molar-refractivity contribution in [1.29, 1.82) is 0 Å². The predicted octanol–water partition coefficient (Wildman–Crippen LogP) is 12.0. The number of nitrogens with zero attached hydrogens (tertiary/aromatic N) is 4. The van der Waals surface area contributed by atoms with E-state index >= 15 is 0 Å². The van der Waals surface area contributed by atoms with Crippen LogP contribution in [-0.4, -0.2) is 19.5 Å². The highest BCUT2D eigenvalue weighted by Crippen LogP contribution is 2.43. The maximum Gasteiger partial charge on any atom is 0.416 e. The number of rotatable bonds is 5. The van der Waals surface area contributed by atoms with Crippen molar-refractivity contribution in [1.82, 2.24) is 19.5 Å². The van der Waals surface area contributed by atoms with Crippen LogP contribution in [0, 0.1) is 6.92 Å². The van der Waals surface area contributed by atoms with Gasteiger partial charge in [-0.25, -0.2) is 15.0 Å². The minimum Gasteiger partial charge on any atom is -0.309 e. The van der Waals surface area contributed by atoms with Crippen molar-refractivity contribution >= 4 is 21.8 Å². The number of halogens is 6. The minimum atomic E-state index is -5.02. The van der Waals surface area contributed by atoms with Gasteiger partial charge in [0.15, 0.2) is 17.5 Å². The van der Waals surface area contributed by atoms with Crippen molar-refractivity contribution < 1.29 is 26.3 Å². The molecule has 2 aromatic heterocycles. The lowest BCUT2D eigenvalue weighted by molar-refractivity contribution is -0.143. The van der Waals surface area contributed by atoms with E-state index in [9.17, 15) is 26.3 Å². The SMILES string of the molecule is Cc1ccc2c(c1)c1ccccc1n2-c1cc(-c2nc(-c3ccccc3)nc(-c3ccccc3)n2)ccc1-c1cc(C(F)(F)F)cc(C(F)(F)F)c1. The van der Waals surface area contributed by atoms with E-state index in [1.54, 1.807) is 12.1 Å². The Kier molecular flexibility index (Phi) is 7.90. The Morgan fingerprint density at radius 2 is 0.962 bits per heavy atom. The molecular formula is C42H26F6N4. The van der Waals surface area contributed by atoms with Gasteiger partial charge in [0.25, 0.3) is 0 Å². The Labute approximate surface area is 293 Å². The van der Waals surface area contributed by atoms with Gasteiger partial charge in [0.2, 0.25) is 0 Å². The van der Waals surface area contributed by atoms with Crippen molar-refractivity contribution in [2.45, 2.75) is 19.3 Å². The number of aromatic nitrogens is 4. The number of alkyl halides is 6. The molecule has 0 atom stereocenters. The fourth-order valence-electron chi connectivity index (χ4n) is 6.49. The molecule has 0 fully saturated rings. The molecule has 0 aliphatic rings. The summed E-state index contributed by atoms with van der Waals surface area (Å²) in [6, 6.07) is 38.6. The first-order valence-electron chi connectivity index (χ1n) is 16.3. The Bertz CT molecular complexity index is 2520. The fourth-order valence-corrected chi connectivity index (χ4v) is 6.49.